The zero-order valence-electron chi connectivity index (χ0n) is 16.5. The molecule has 0 spiro atoms. The maximum absolute atomic E-state index is 12.3. The van der Waals surface area contributed by atoms with Crippen LogP contribution in [-0.2, 0) is 30.4 Å². The molecule has 2 aromatic rings. The molecule has 1 saturated heterocycles. The van der Waals surface area contributed by atoms with E-state index in [1.165, 1.54) is 13.2 Å². The lowest BCUT2D eigenvalue weighted by molar-refractivity contribution is -0.151. The van der Waals surface area contributed by atoms with Crippen molar-refractivity contribution < 1.29 is 28.7 Å². The van der Waals surface area contributed by atoms with Crippen LogP contribution in [0, 0.1) is 5.92 Å². The maximum Gasteiger partial charge on any atom is 0.339 e. The minimum absolute atomic E-state index is 0.0540. The molecule has 156 valence electrons. The third kappa shape index (κ3) is 5.22. The Labute approximate surface area is 173 Å². The summed E-state index contributed by atoms with van der Waals surface area (Å²) in [5.41, 5.74) is 1.43. The van der Waals surface area contributed by atoms with Crippen LogP contribution in [0.25, 0.3) is 0 Å². The molecule has 1 N–H and O–H groups in total. The first-order valence-corrected chi connectivity index (χ1v) is 9.43. The minimum Gasteiger partial charge on any atom is -0.465 e. The highest BCUT2D eigenvalue weighted by Gasteiger charge is 2.35. The summed E-state index contributed by atoms with van der Waals surface area (Å²) < 4.78 is 9.76. The van der Waals surface area contributed by atoms with Crippen LogP contribution < -0.4 is 5.32 Å². The fourth-order valence-electron chi connectivity index (χ4n) is 3.21. The summed E-state index contributed by atoms with van der Waals surface area (Å²) in [6.45, 7) is 0.158. The molecule has 0 unspecified atom stereocenters. The molecule has 1 fully saturated rings. The van der Waals surface area contributed by atoms with Gasteiger partial charge in [-0.05, 0) is 17.7 Å². The summed E-state index contributed by atoms with van der Waals surface area (Å²) >= 11 is 0. The molecule has 8 heteroatoms. The van der Waals surface area contributed by atoms with Crippen molar-refractivity contribution in [1.82, 2.24) is 4.90 Å². The fraction of sp³-hybridized carbons (Fsp3) is 0.273. The molecular weight excluding hydrogens is 388 g/mol. The molecule has 2 aromatic carbocycles. The third-order valence-corrected chi connectivity index (χ3v) is 4.72. The smallest absolute Gasteiger partial charge is 0.339 e. The van der Waals surface area contributed by atoms with E-state index in [1.807, 2.05) is 30.3 Å². The Kier molecular flexibility index (Phi) is 6.79. The number of ether oxygens (including phenoxy) is 2. The Morgan fingerprint density at radius 2 is 1.77 bits per heavy atom. The summed E-state index contributed by atoms with van der Waals surface area (Å²) in [5, 5.41) is 2.53. The van der Waals surface area contributed by atoms with Gasteiger partial charge in [0.15, 0.2) is 6.61 Å². The molecule has 3 rings (SSSR count). The van der Waals surface area contributed by atoms with E-state index in [1.54, 1.807) is 23.1 Å². The number of hydrogen-bond acceptors (Lipinski definition) is 6. The van der Waals surface area contributed by atoms with Crippen LogP contribution >= 0.6 is 0 Å². The predicted molar refractivity (Wildman–Crippen MR) is 107 cm³/mol. The third-order valence-electron chi connectivity index (χ3n) is 4.72. The van der Waals surface area contributed by atoms with Crippen molar-refractivity contribution >= 4 is 29.4 Å². The standard InChI is InChI=1S/C22H22N2O6/c1-29-22(28)17-9-5-6-10-18(17)23-19(25)14-30-21(27)16-11-20(26)24(13-16)12-15-7-3-2-4-8-15/h2-10,16H,11-14H2,1H3,(H,23,25)/t16-/m1/s1. The van der Waals surface area contributed by atoms with Gasteiger partial charge < -0.3 is 19.7 Å². The van der Waals surface area contributed by atoms with Crippen molar-refractivity contribution in [2.45, 2.75) is 13.0 Å². The van der Waals surface area contributed by atoms with E-state index >= 15 is 0 Å². The van der Waals surface area contributed by atoms with Crippen LogP contribution in [0.15, 0.2) is 54.6 Å². The van der Waals surface area contributed by atoms with E-state index in [-0.39, 0.29) is 30.1 Å². The second kappa shape index (κ2) is 9.69. The van der Waals surface area contributed by atoms with E-state index in [2.05, 4.69) is 10.1 Å². The van der Waals surface area contributed by atoms with E-state index in [0.717, 1.165) is 5.56 Å². The maximum atomic E-state index is 12.3. The van der Waals surface area contributed by atoms with Crippen LogP contribution in [0.4, 0.5) is 5.69 Å². The number of para-hydroxylation sites is 1. The van der Waals surface area contributed by atoms with Gasteiger partial charge in [-0.3, -0.25) is 14.4 Å². The Bertz CT molecular complexity index is 944. The molecule has 1 heterocycles. The molecule has 0 radical (unpaired) electrons. The molecule has 30 heavy (non-hydrogen) atoms. The highest BCUT2D eigenvalue weighted by Crippen LogP contribution is 2.21. The number of likely N-dealkylation sites (tertiary alicyclic amines) is 1. The van der Waals surface area contributed by atoms with Crippen molar-refractivity contribution in [2.24, 2.45) is 5.92 Å². The Morgan fingerprint density at radius 1 is 1.07 bits per heavy atom. The number of rotatable bonds is 7. The lowest BCUT2D eigenvalue weighted by Gasteiger charge is -2.16. The van der Waals surface area contributed by atoms with Crippen molar-refractivity contribution in [3.8, 4) is 0 Å². The number of carbonyl (C=O) groups is 4. The Hall–Kier alpha value is -3.68. The molecule has 1 atom stereocenters. The first-order valence-electron chi connectivity index (χ1n) is 9.43. The van der Waals surface area contributed by atoms with Gasteiger partial charge >= 0.3 is 11.9 Å². The van der Waals surface area contributed by atoms with Gasteiger partial charge in [0.1, 0.15) is 0 Å². The highest BCUT2D eigenvalue weighted by atomic mass is 16.5. The van der Waals surface area contributed by atoms with Gasteiger partial charge in [-0.25, -0.2) is 4.79 Å². The number of methoxy groups -OCH3 is 1. The number of carbonyl (C=O) groups excluding carboxylic acids is 4. The number of nitrogens with one attached hydrogen (secondary N) is 1. The van der Waals surface area contributed by atoms with Gasteiger partial charge in [0, 0.05) is 19.5 Å². The van der Waals surface area contributed by atoms with E-state index in [9.17, 15) is 19.2 Å². The Morgan fingerprint density at radius 3 is 2.50 bits per heavy atom. The first kappa shape index (κ1) is 21.0. The van der Waals surface area contributed by atoms with Gasteiger partial charge in [-0.15, -0.1) is 0 Å². The van der Waals surface area contributed by atoms with E-state index in [4.69, 9.17) is 4.74 Å². The van der Waals surface area contributed by atoms with Gasteiger partial charge in [-0.2, -0.15) is 0 Å². The summed E-state index contributed by atoms with van der Waals surface area (Å²) in [7, 11) is 1.24. The zero-order valence-corrected chi connectivity index (χ0v) is 16.5. The predicted octanol–water partition coefficient (Wildman–Crippen LogP) is 2.00. The SMILES string of the molecule is COC(=O)c1ccccc1NC(=O)COC(=O)[C@@H]1CC(=O)N(Cc2ccccc2)C1. The summed E-state index contributed by atoms with van der Waals surface area (Å²) in [6.07, 6.45) is 0.0540. The van der Waals surface area contributed by atoms with Crippen LogP contribution in [0.1, 0.15) is 22.3 Å². The molecule has 1 aliphatic heterocycles. The van der Waals surface area contributed by atoms with Crippen molar-refractivity contribution in [3.63, 3.8) is 0 Å². The molecule has 0 aromatic heterocycles. The number of amides is 2. The largest absolute Gasteiger partial charge is 0.465 e. The molecule has 0 aliphatic carbocycles. The Balaban J connectivity index is 1.50. The lowest BCUT2D eigenvalue weighted by atomic mass is 10.1. The topological polar surface area (TPSA) is 102 Å². The molecule has 0 bridgehead atoms. The highest BCUT2D eigenvalue weighted by molar-refractivity contribution is 6.02. The van der Waals surface area contributed by atoms with Crippen molar-refractivity contribution in [3.05, 3.63) is 65.7 Å². The number of anilines is 1. The second-order valence-electron chi connectivity index (χ2n) is 6.85. The van der Waals surface area contributed by atoms with Gasteiger partial charge in [-0.1, -0.05) is 42.5 Å². The van der Waals surface area contributed by atoms with Gasteiger partial charge in [0.2, 0.25) is 5.91 Å². The average Bonchev–Trinajstić information content (AvgIpc) is 3.13. The van der Waals surface area contributed by atoms with Crippen molar-refractivity contribution in [1.29, 1.82) is 0 Å². The van der Waals surface area contributed by atoms with Crippen LogP contribution in [0.2, 0.25) is 0 Å². The molecule has 8 nitrogen and oxygen atoms in total. The van der Waals surface area contributed by atoms with Gasteiger partial charge in [0.25, 0.3) is 5.91 Å². The quantitative estimate of drug-likeness (QED) is 0.701. The first-order chi connectivity index (χ1) is 14.5. The molecular formula is C22H22N2O6. The number of hydrogen-bond donors (Lipinski definition) is 1. The summed E-state index contributed by atoms with van der Waals surface area (Å²) in [5.74, 6) is -2.53. The normalized spacial score (nSPS) is 15.6. The van der Waals surface area contributed by atoms with Crippen LogP contribution in [0.5, 0.6) is 0 Å². The van der Waals surface area contributed by atoms with E-state index < -0.39 is 30.4 Å². The fourth-order valence-corrected chi connectivity index (χ4v) is 3.21. The zero-order chi connectivity index (χ0) is 21.5. The molecule has 1 aliphatic rings. The minimum atomic E-state index is -0.614. The monoisotopic (exact) mass is 410 g/mol. The summed E-state index contributed by atoms with van der Waals surface area (Å²) in [4.78, 5) is 50.0. The lowest BCUT2D eigenvalue weighted by Crippen LogP contribution is -2.28. The van der Waals surface area contributed by atoms with Crippen molar-refractivity contribution in [2.75, 3.05) is 25.6 Å². The second-order valence-corrected chi connectivity index (χ2v) is 6.85. The van der Waals surface area contributed by atoms with Gasteiger partial charge in [0.05, 0.1) is 24.3 Å². The van der Waals surface area contributed by atoms with E-state index in [0.29, 0.717) is 6.54 Å². The summed E-state index contributed by atoms with van der Waals surface area (Å²) in [6, 6.07) is 15.8. The van der Waals surface area contributed by atoms with Crippen LogP contribution in [-0.4, -0.2) is 48.9 Å². The number of benzene rings is 2. The van der Waals surface area contributed by atoms with Crippen LogP contribution in [0.3, 0.4) is 0 Å². The average molecular weight is 410 g/mol. The number of esters is 2. The number of nitrogens with zero attached hydrogens (tertiary/aromatic N) is 1. The molecule has 0 saturated carbocycles. The molecule has 2 amide bonds.